The molecule has 154 valence electrons. The molecule has 1 saturated carbocycles. The van der Waals surface area contributed by atoms with E-state index in [0.717, 1.165) is 58.4 Å². The highest BCUT2D eigenvalue weighted by Gasteiger charge is 2.36. The summed E-state index contributed by atoms with van der Waals surface area (Å²) in [7, 11) is 1.83. The Morgan fingerprint density at radius 3 is 2.54 bits per heavy atom. The van der Waals surface area contributed by atoms with Gasteiger partial charge in [-0.15, -0.1) is 0 Å². The number of amides is 2. The van der Waals surface area contributed by atoms with Crippen LogP contribution in [0.4, 0.5) is 0 Å². The quantitative estimate of drug-likeness (QED) is 0.746. The molecule has 2 amide bonds. The number of aryl methyl sites for hydroxylation is 1. The Kier molecular flexibility index (Phi) is 5.99. The van der Waals surface area contributed by atoms with Gasteiger partial charge >= 0.3 is 0 Å². The molecule has 0 N–H and O–H groups in total. The molecular formula is C21H33N5O2. The summed E-state index contributed by atoms with van der Waals surface area (Å²) in [6, 6.07) is 0.144. The highest BCUT2D eigenvalue weighted by molar-refractivity contribution is 5.93. The molecule has 0 bridgehead atoms. The minimum atomic E-state index is 0.0355. The van der Waals surface area contributed by atoms with Gasteiger partial charge in [-0.05, 0) is 51.6 Å². The highest BCUT2D eigenvalue weighted by Crippen LogP contribution is 2.30. The zero-order chi connectivity index (χ0) is 19.5. The fourth-order valence-corrected chi connectivity index (χ4v) is 4.73. The molecule has 3 fully saturated rings. The van der Waals surface area contributed by atoms with Crippen molar-refractivity contribution in [3.63, 3.8) is 0 Å². The van der Waals surface area contributed by atoms with E-state index in [0.29, 0.717) is 18.0 Å². The molecule has 1 aliphatic carbocycles. The lowest BCUT2D eigenvalue weighted by atomic mass is 9.83. The first-order chi connectivity index (χ1) is 13.6. The van der Waals surface area contributed by atoms with Gasteiger partial charge in [-0.2, -0.15) is 5.10 Å². The van der Waals surface area contributed by atoms with Gasteiger partial charge in [0.2, 0.25) is 5.91 Å². The van der Waals surface area contributed by atoms with Gasteiger partial charge in [-0.1, -0.05) is 6.42 Å². The third-order valence-corrected chi connectivity index (χ3v) is 6.67. The molecule has 1 aromatic rings. The Morgan fingerprint density at radius 1 is 1.11 bits per heavy atom. The van der Waals surface area contributed by atoms with Gasteiger partial charge in [0, 0.05) is 51.4 Å². The number of rotatable bonds is 6. The van der Waals surface area contributed by atoms with Crippen LogP contribution in [0.3, 0.4) is 0 Å². The lowest BCUT2D eigenvalue weighted by Gasteiger charge is -2.42. The zero-order valence-electron chi connectivity index (χ0n) is 17.1. The summed E-state index contributed by atoms with van der Waals surface area (Å²) in [6.45, 7) is 5.48. The van der Waals surface area contributed by atoms with E-state index in [1.807, 2.05) is 11.9 Å². The number of hydrogen-bond donors (Lipinski definition) is 0. The summed E-state index contributed by atoms with van der Waals surface area (Å²) in [6.07, 6.45) is 11.1. The predicted octanol–water partition coefficient (Wildman–Crippen LogP) is 1.75. The zero-order valence-corrected chi connectivity index (χ0v) is 17.1. The van der Waals surface area contributed by atoms with Crippen molar-refractivity contribution in [2.24, 2.45) is 13.0 Å². The van der Waals surface area contributed by atoms with Crippen LogP contribution in [0.2, 0.25) is 0 Å². The van der Waals surface area contributed by atoms with Crippen LogP contribution in [0.15, 0.2) is 12.4 Å². The van der Waals surface area contributed by atoms with Crippen molar-refractivity contribution in [2.45, 2.75) is 51.0 Å². The number of piperidine rings is 1. The lowest BCUT2D eigenvalue weighted by Crippen LogP contribution is -2.55. The van der Waals surface area contributed by atoms with Gasteiger partial charge < -0.3 is 14.7 Å². The second kappa shape index (κ2) is 8.64. The first-order valence-corrected chi connectivity index (χ1v) is 10.9. The Labute approximate surface area is 167 Å². The van der Waals surface area contributed by atoms with Crippen molar-refractivity contribution >= 4 is 11.8 Å². The minimum absolute atomic E-state index is 0.0355. The van der Waals surface area contributed by atoms with E-state index >= 15 is 0 Å². The first-order valence-electron chi connectivity index (χ1n) is 10.9. The van der Waals surface area contributed by atoms with Crippen LogP contribution < -0.4 is 0 Å². The normalized spacial score (nSPS) is 23.6. The molecule has 0 spiro atoms. The van der Waals surface area contributed by atoms with E-state index in [1.165, 1.54) is 19.3 Å². The average molecular weight is 388 g/mol. The number of hydrogen-bond acceptors (Lipinski definition) is 4. The largest absolute Gasteiger partial charge is 0.336 e. The maximum Gasteiger partial charge on any atom is 0.257 e. The topological polar surface area (TPSA) is 61.7 Å². The van der Waals surface area contributed by atoms with E-state index in [9.17, 15) is 9.59 Å². The summed E-state index contributed by atoms with van der Waals surface area (Å²) in [5.41, 5.74) is 0.636. The van der Waals surface area contributed by atoms with Gasteiger partial charge in [0.25, 0.3) is 5.91 Å². The molecule has 2 aliphatic heterocycles. The lowest BCUT2D eigenvalue weighted by molar-refractivity contribution is -0.141. The van der Waals surface area contributed by atoms with Crippen LogP contribution >= 0.6 is 0 Å². The fourth-order valence-electron chi connectivity index (χ4n) is 4.73. The number of nitrogens with zero attached hydrogens (tertiary/aromatic N) is 5. The molecule has 1 aromatic heterocycles. The van der Waals surface area contributed by atoms with E-state index in [1.54, 1.807) is 17.1 Å². The summed E-state index contributed by atoms with van der Waals surface area (Å²) in [5, 5.41) is 4.13. The Morgan fingerprint density at radius 2 is 1.89 bits per heavy atom. The van der Waals surface area contributed by atoms with Crippen molar-refractivity contribution in [2.75, 3.05) is 39.3 Å². The number of carbonyl (C=O) groups excluding carboxylic acids is 2. The first kappa shape index (κ1) is 19.4. The van der Waals surface area contributed by atoms with Crippen LogP contribution in [0.5, 0.6) is 0 Å². The molecule has 3 aliphatic rings. The van der Waals surface area contributed by atoms with E-state index in [4.69, 9.17) is 0 Å². The molecule has 1 unspecified atom stereocenters. The minimum Gasteiger partial charge on any atom is -0.336 e. The van der Waals surface area contributed by atoms with Gasteiger partial charge in [-0.3, -0.25) is 14.3 Å². The van der Waals surface area contributed by atoms with E-state index in [-0.39, 0.29) is 17.9 Å². The molecular weight excluding hydrogens is 354 g/mol. The smallest absolute Gasteiger partial charge is 0.257 e. The van der Waals surface area contributed by atoms with Crippen LogP contribution in [0, 0.1) is 5.92 Å². The molecule has 3 heterocycles. The molecule has 0 radical (unpaired) electrons. The van der Waals surface area contributed by atoms with Crippen LogP contribution in [-0.4, -0.2) is 81.6 Å². The molecule has 4 rings (SSSR count). The van der Waals surface area contributed by atoms with Crippen molar-refractivity contribution in [3.05, 3.63) is 18.0 Å². The second-order valence-electron chi connectivity index (χ2n) is 8.66. The van der Waals surface area contributed by atoms with Crippen molar-refractivity contribution in [1.82, 2.24) is 24.5 Å². The summed E-state index contributed by atoms with van der Waals surface area (Å²) >= 11 is 0. The van der Waals surface area contributed by atoms with Crippen molar-refractivity contribution in [1.29, 1.82) is 0 Å². The number of aromatic nitrogens is 2. The Hall–Kier alpha value is -1.89. The second-order valence-corrected chi connectivity index (χ2v) is 8.66. The van der Waals surface area contributed by atoms with Crippen LogP contribution in [0.25, 0.3) is 0 Å². The summed E-state index contributed by atoms with van der Waals surface area (Å²) < 4.78 is 1.66. The molecule has 1 atom stereocenters. The molecule has 0 aromatic carbocycles. The van der Waals surface area contributed by atoms with E-state index < -0.39 is 0 Å². The Bertz CT molecular complexity index is 693. The summed E-state index contributed by atoms with van der Waals surface area (Å²) in [4.78, 5) is 32.6. The van der Waals surface area contributed by atoms with Gasteiger partial charge in [-0.25, -0.2) is 0 Å². The van der Waals surface area contributed by atoms with Crippen LogP contribution in [-0.2, 0) is 11.8 Å². The summed E-state index contributed by atoms with van der Waals surface area (Å²) in [5.74, 6) is 0.572. The maximum absolute atomic E-state index is 13.2. The average Bonchev–Trinajstić information content (AvgIpc) is 3.32. The molecule has 7 nitrogen and oxygen atoms in total. The van der Waals surface area contributed by atoms with Gasteiger partial charge in [0.15, 0.2) is 0 Å². The van der Waals surface area contributed by atoms with Crippen LogP contribution in [0.1, 0.15) is 55.3 Å². The third-order valence-electron chi connectivity index (χ3n) is 6.67. The van der Waals surface area contributed by atoms with Gasteiger partial charge in [0.05, 0.1) is 11.8 Å². The number of likely N-dealkylation sites (tertiary alicyclic amines) is 2. The predicted molar refractivity (Wildman–Crippen MR) is 107 cm³/mol. The van der Waals surface area contributed by atoms with Crippen molar-refractivity contribution < 1.29 is 9.59 Å². The molecule has 2 saturated heterocycles. The standard InChI is InChI=1S/C21H33N5O2/c1-23-15-18(14-22-23)20(27)25-11-5-8-19(16-25)26(21(28)17-6-4-7-17)13-12-24-9-2-3-10-24/h14-15,17,19H,2-13,16H2,1H3. The monoisotopic (exact) mass is 387 g/mol. The number of carbonyl (C=O) groups is 2. The molecule has 7 heteroatoms. The Balaban J connectivity index is 1.43. The third kappa shape index (κ3) is 4.24. The van der Waals surface area contributed by atoms with Gasteiger partial charge in [0.1, 0.15) is 0 Å². The molecule has 28 heavy (non-hydrogen) atoms. The SMILES string of the molecule is Cn1cc(C(=O)N2CCCC(N(CCN3CCCC3)C(=O)C3CCC3)C2)cn1. The fraction of sp³-hybridized carbons (Fsp3) is 0.762. The maximum atomic E-state index is 13.2. The highest BCUT2D eigenvalue weighted by atomic mass is 16.2. The van der Waals surface area contributed by atoms with E-state index in [2.05, 4.69) is 14.9 Å². The van der Waals surface area contributed by atoms with Crippen molar-refractivity contribution in [3.8, 4) is 0 Å².